The van der Waals surface area contributed by atoms with Crippen molar-refractivity contribution in [3.8, 4) is 0 Å². The predicted octanol–water partition coefficient (Wildman–Crippen LogP) is 3.93. The van der Waals surface area contributed by atoms with Crippen molar-refractivity contribution in [3.05, 3.63) is 34.9 Å². The first-order chi connectivity index (χ1) is 9.39. The fourth-order valence-corrected chi connectivity index (χ4v) is 3.19. The Hall–Kier alpha value is -1.31. The van der Waals surface area contributed by atoms with E-state index in [-0.39, 0.29) is 11.4 Å². The van der Waals surface area contributed by atoms with Gasteiger partial charge in [-0.3, -0.25) is 4.79 Å². The van der Waals surface area contributed by atoms with Gasteiger partial charge in [0.05, 0.1) is 6.42 Å². The minimum atomic E-state index is 0.000182. The van der Waals surface area contributed by atoms with Gasteiger partial charge in [0, 0.05) is 5.54 Å². The van der Waals surface area contributed by atoms with Crippen LogP contribution in [0.5, 0.6) is 0 Å². The summed E-state index contributed by atoms with van der Waals surface area (Å²) in [5.41, 5.74) is 3.60. The number of hydrogen-bond acceptors (Lipinski definition) is 1. The van der Waals surface area contributed by atoms with Crippen molar-refractivity contribution < 1.29 is 4.79 Å². The fourth-order valence-electron chi connectivity index (χ4n) is 3.19. The zero-order valence-electron chi connectivity index (χ0n) is 13.3. The maximum atomic E-state index is 12.4. The molecule has 2 rings (SSSR count). The SMILES string of the molecule is Cc1cccc(C)c1CC(=O)NC1(C)CCC(C)CC1. The lowest BCUT2D eigenvalue weighted by atomic mass is 9.78. The number of carbonyl (C=O) groups is 1. The number of benzene rings is 1. The minimum Gasteiger partial charge on any atom is -0.351 e. The van der Waals surface area contributed by atoms with Crippen LogP contribution in [0.25, 0.3) is 0 Å². The third-order valence-corrected chi connectivity index (χ3v) is 4.80. The molecule has 1 aliphatic carbocycles. The first-order valence-electron chi connectivity index (χ1n) is 7.76. The van der Waals surface area contributed by atoms with Gasteiger partial charge in [-0.1, -0.05) is 25.1 Å². The molecule has 0 spiro atoms. The van der Waals surface area contributed by atoms with Gasteiger partial charge in [-0.05, 0) is 69.1 Å². The number of aryl methyl sites for hydroxylation is 2. The third-order valence-electron chi connectivity index (χ3n) is 4.80. The molecule has 1 saturated carbocycles. The van der Waals surface area contributed by atoms with Crippen LogP contribution in [0, 0.1) is 19.8 Å². The molecule has 2 nitrogen and oxygen atoms in total. The molecular formula is C18H27NO. The summed E-state index contributed by atoms with van der Waals surface area (Å²) in [4.78, 5) is 12.4. The highest BCUT2D eigenvalue weighted by Gasteiger charge is 2.30. The van der Waals surface area contributed by atoms with Gasteiger partial charge in [-0.2, -0.15) is 0 Å². The van der Waals surface area contributed by atoms with E-state index in [1.807, 2.05) is 0 Å². The van der Waals surface area contributed by atoms with Crippen LogP contribution in [0.2, 0.25) is 0 Å². The molecule has 1 aromatic rings. The Balaban J connectivity index is 1.99. The van der Waals surface area contributed by atoms with Crippen LogP contribution in [0.1, 0.15) is 56.2 Å². The average molecular weight is 273 g/mol. The monoisotopic (exact) mass is 273 g/mol. The standard InChI is InChI=1S/C18H27NO/c1-13-8-10-18(4,11-9-13)19-17(20)12-16-14(2)6-5-7-15(16)3/h5-7,13H,8-12H2,1-4H3,(H,19,20). The summed E-state index contributed by atoms with van der Waals surface area (Å²) in [6.45, 7) is 8.67. The molecule has 0 heterocycles. The molecule has 1 aliphatic rings. The lowest BCUT2D eigenvalue weighted by molar-refractivity contribution is -0.122. The van der Waals surface area contributed by atoms with Gasteiger partial charge in [0.1, 0.15) is 0 Å². The van der Waals surface area contributed by atoms with Gasteiger partial charge in [0.15, 0.2) is 0 Å². The summed E-state index contributed by atoms with van der Waals surface area (Å²) < 4.78 is 0. The lowest BCUT2D eigenvalue weighted by Crippen LogP contribution is -2.48. The van der Waals surface area contributed by atoms with Gasteiger partial charge >= 0.3 is 0 Å². The molecule has 1 aromatic carbocycles. The molecule has 1 N–H and O–H groups in total. The van der Waals surface area contributed by atoms with Gasteiger partial charge < -0.3 is 5.32 Å². The van der Waals surface area contributed by atoms with Crippen molar-refractivity contribution in [2.45, 2.75) is 65.3 Å². The predicted molar refractivity (Wildman–Crippen MR) is 83.8 cm³/mol. The van der Waals surface area contributed by atoms with E-state index in [9.17, 15) is 4.79 Å². The summed E-state index contributed by atoms with van der Waals surface area (Å²) in [6, 6.07) is 6.22. The van der Waals surface area contributed by atoms with Crippen LogP contribution in [-0.2, 0) is 11.2 Å². The van der Waals surface area contributed by atoms with Crippen LogP contribution >= 0.6 is 0 Å². The molecule has 0 aromatic heterocycles. The molecule has 0 aliphatic heterocycles. The van der Waals surface area contributed by atoms with Crippen LogP contribution in [0.4, 0.5) is 0 Å². The van der Waals surface area contributed by atoms with Gasteiger partial charge in [0.25, 0.3) is 0 Å². The van der Waals surface area contributed by atoms with E-state index in [2.05, 4.69) is 51.2 Å². The van der Waals surface area contributed by atoms with Crippen molar-refractivity contribution in [1.29, 1.82) is 0 Å². The second-order valence-electron chi connectivity index (χ2n) is 6.84. The molecule has 20 heavy (non-hydrogen) atoms. The topological polar surface area (TPSA) is 29.1 Å². The fraction of sp³-hybridized carbons (Fsp3) is 0.611. The van der Waals surface area contributed by atoms with Gasteiger partial charge in [0.2, 0.25) is 5.91 Å². The van der Waals surface area contributed by atoms with Crippen LogP contribution in [0.15, 0.2) is 18.2 Å². The number of amides is 1. The molecule has 0 bridgehead atoms. The van der Waals surface area contributed by atoms with E-state index < -0.39 is 0 Å². The van der Waals surface area contributed by atoms with E-state index in [0.717, 1.165) is 18.8 Å². The normalized spacial score (nSPS) is 26.3. The van der Waals surface area contributed by atoms with Gasteiger partial charge in [-0.15, -0.1) is 0 Å². The van der Waals surface area contributed by atoms with E-state index in [4.69, 9.17) is 0 Å². The summed E-state index contributed by atoms with van der Waals surface area (Å²) in [5, 5.41) is 3.28. The van der Waals surface area contributed by atoms with Crippen LogP contribution < -0.4 is 5.32 Å². The van der Waals surface area contributed by atoms with Crippen molar-refractivity contribution in [2.24, 2.45) is 5.92 Å². The molecule has 1 amide bonds. The number of hydrogen-bond donors (Lipinski definition) is 1. The summed E-state index contributed by atoms with van der Waals surface area (Å²) in [6.07, 6.45) is 5.16. The van der Waals surface area contributed by atoms with Crippen molar-refractivity contribution >= 4 is 5.91 Å². The zero-order chi connectivity index (χ0) is 14.8. The first kappa shape index (κ1) is 15.1. The first-order valence-corrected chi connectivity index (χ1v) is 7.76. The minimum absolute atomic E-state index is 0.000182. The highest BCUT2D eigenvalue weighted by Crippen LogP contribution is 2.31. The molecule has 110 valence electrons. The molecule has 0 radical (unpaired) electrons. The lowest BCUT2D eigenvalue weighted by Gasteiger charge is -2.37. The Kier molecular flexibility index (Phi) is 4.52. The van der Waals surface area contributed by atoms with Crippen molar-refractivity contribution in [1.82, 2.24) is 5.32 Å². The van der Waals surface area contributed by atoms with E-state index in [0.29, 0.717) is 6.42 Å². The maximum absolute atomic E-state index is 12.4. The highest BCUT2D eigenvalue weighted by atomic mass is 16.1. The quantitative estimate of drug-likeness (QED) is 0.888. The Morgan fingerprint density at radius 3 is 2.35 bits per heavy atom. The maximum Gasteiger partial charge on any atom is 0.224 e. The molecule has 0 atom stereocenters. The van der Waals surface area contributed by atoms with E-state index in [1.165, 1.54) is 29.5 Å². The second-order valence-corrected chi connectivity index (χ2v) is 6.84. The third kappa shape index (κ3) is 3.62. The molecule has 0 unspecified atom stereocenters. The Labute approximate surface area is 123 Å². The zero-order valence-corrected chi connectivity index (χ0v) is 13.3. The van der Waals surface area contributed by atoms with Crippen LogP contribution in [-0.4, -0.2) is 11.4 Å². The highest BCUT2D eigenvalue weighted by molar-refractivity contribution is 5.80. The molecular weight excluding hydrogens is 246 g/mol. The van der Waals surface area contributed by atoms with Crippen LogP contribution in [0.3, 0.4) is 0 Å². The number of rotatable bonds is 3. The smallest absolute Gasteiger partial charge is 0.224 e. The average Bonchev–Trinajstić information content (AvgIpc) is 2.38. The summed E-state index contributed by atoms with van der Waals surface area (Å²) >= 11 is 0. The molecule has 0 saturated heterocycles. The van der Waals surface area contributed by atoms with E-state index in [1.54, 1.807) is 0 Å². The Morgan fingerprint density at radius 2 is 1.80 bits per heavy atom. The molecule has 1 fully saturated rings. The number of carbonyl (C=O) groups excluding carboxylic acids is 1. The van der Waals surface area contributed by atoms with Gasteiger partial charge in [-0.25, -0.2) is 0 Å². The Bertz CT molecular complexity index is 464. The summed E-state index contributed by atoms with van der Waals surface area (Å²) in [7, 11) is 0. The Morgan fingerprint density at radius 1 is 1.25 bits per heavy atom. The van der Waals surface area contributed by atoms with E-state index >= 15 is 0 Å². The summed E-state index contributed by atoms with van der Waals surface area (Å²) in [5.74, 6) is 0.970. The number of nitrogens with one attached hydrogen (secondary N) is 1. The largest absolute Gasteiger partial charge is 0.351 e. The van der Waals surface area contributed by atoms with Crippen molar-refractivity contribution in [3.63, 3.8) is 0 Å². The second kappa shape index (κ2) is 5.99. The molecule has 2 heteroatoms. The van der Waals surface area contributed by atoms with Crippen molar-refractivity contribution in [2.75, 3.05) is 0 Å².